The molecule has 0 aliphatic rings. The molecule has 0 unspecified atom stereocenters. The van der Waals surface area contributed by atoms with Crippen molar-refractivity contribution in [1.29, 1.82) is 0 Å². The van der Waals surface area contributed by atoms with E-state index >= 15 is 0 Å². The third-order valence-corrected chi connectivity index (χ3v) is 6.47. The first-order valence-electron chi connectivity index (χ1n) is 9.56. The second-order valence-electron chi connectivity index (χ2n) is 7.79. The Kier molecular flexibility index (Phi) is 7.19. The molecule has 29 heavy (non-hydrogen) atoms. The zero-order chi connectivity index (χ0) is 21.7. The van der Waals surface area contributed by atoms with Crippen molar-refractivity contribution in [3.8, 4) is 0 Å². The minimum Gasteiger partial charge on any atom is -0.271 e. The van der Waals surface area contributed by atoms with E-state index in [0.29, 0.717) is 12.1 Å². The van der Waals surface area contributed by atoms with Crippen LogP contribution < -0.4 is 9.73 Å². The second-order valence-corrected chi connectivity index (χ2v) is 9.65. The Labute approximate surface area is 173 Å². The molecule has 7 heteroatoms. The average molecular weight is 416 g/mol. The van der Waals surface area contributed by atoms with Crippen molar-refractivity contribution in [3.05, 3.63) is 60.2 Å². The normalized spacial score (nSPS) is 12.5. The Balaban J connectivity index is 2.42. The van der Waals surface area contributed by atoms with Gasteiger partial charge in [-0.1, -0.05) is 64.1 Å². The summed E-state index contributed by atoms with van der Waals surface area (Å²) in [5.41, 5.74) is 4.38. The van der Waals surface area contributed by atoms with Crippen molar-refractivity contribution in [3.63, 3.8) is 0 Å². The van der Waals surface area contributed by atoms with E-state index in [0.717, 1.165) is 15.6 Å². The summed E-state index contributed by atoms with van der Waals surface area (Å²) in [6.07, 6.45) is 0.639. The number of nitrogens with one attached hydrogen (secondary N) is 1. The fourth-order valence-electron chi connectivity index (χ4n) is 2.55. The van der Waals surface area contributed by atoms with Gasteiger partial charge in [0.1, 0.15) is 6.54 Å². The van der Waals surface area contributed by atoms with Gasteiger partial charge in [0.05, 0.1) is 10.6 Å². The maximum atomic E-state index is 13.3. The van der Waals surface area contributed by atoms with E-state index in [4.69, 9.17) is 0 Å². The Bertz CT molecular complexity index is 978. The van der Waals surface area contributed by atoms with Gasteiger partial charge in [-0.3, -0.25) is 9.10 Å². The molecule has 156 valence electrons. The first-order chi connectivity index (χ1) is 13.6. The number of aryl methyl sites for hydroxylation is 1. The highest BCUT2D eigenvalue weighted by atomic mass is 32.2. The molecule has 0 fully saturated rings. The fraction of sp³-hybridized carbons (Fsp3) is 0.364. The van der Waals surface area contributed by atoms with Gasteiger partial charge < -0.3 is 0 Å². The van der Waals surface area contributed by atoms with Crippen LogP contribution in [0.15, 0.2) is 64.6 Å². The number of rotatable bonds is 7. The molecule has 0 saturated heterocycles. The second kappa shape index (κ2) is 9.22. The number of carbonyl (C=O) groups is 1. The highest BCUT2D eigenvalue weighted by Gasteiger charge is 2.28. The van der Waals surface area contributed by atoms with Crippen LogP contribution in [-0.4, -0.2) is 26.6 Å². The molecule has 2 aromatic carbocycles. The van der Waals surface area contributed by atoms with Crippen molar-refractivity contribution in [2.75, 3.05) is 10.8 Å². The van der Waals surface area contributed by atoms with Gasteiger partial charge in [-0.15, -0.1) is 0 Å². The van der Waals surface area contributed by atoms with Crippen LogP contribution in [0.2, 0.25) is 0 Å². The summed E-state index contributed by atoms with van der Waals surface area (Å²) in [5.74, 6) is -0.501. The highest BCUT2D eigenvalue weighted by molar-refractivity contribution is 7.92. The van der Waals surface area contributed by atoms with E-state index in [9.17, 15) is 13.2 Å². The summed E-state index contributed by atoms with van der Waals surface area (Å²) >= 11 is 0. The van der Waals surface area contributed by atoms with Crippen LogP contribution in [-0.2, 0) is 21.2 Å². The predicted molar refractivity (Wildman–Crippen MR) is 118 cm³/mol. The lowest BCUT2D eigenvalue weighted by molar-refractivity contribution is -0.119. The largest absolute Gasteiger partial charge is 0.271 e. The quantitative estimate of drug-likeness (QED) is 0.549. The van der Waals surface area contributed by atoms with Gasteiger partial charge in [0, 0.05) is 11.1 Å². The van der Waals surface area contributed by atoms with Gasteiger partial charge in [-0.2, -0.15) is 5.10 Å². The number of para-hydroxylation sites is 1. The van der Waals surface area contributed by atoms with E-state index < -0.39 is 15.9 Å². The molecule has 0 atom stereocenters. The maximum Gasteiger partial charge on any atom is 0.264 e. The predicted octanol–water partition coefficient (Wildman–Crippen LogP) is 3.98. The third kappa shape index (κ3) is 5.67. The summed E-state index contributed by atoms with van der Waals surface area (Å²) in [4.78, 5) is 12.7. The summed E-state index contributed by atoms with van der Waals surface area (Å²) in [7, 11) is -3.92. The molecule has 0 spiro atoms. The molecular formula is C22H29N3O3S. The minimum absolute atomic E-state index is 0.132. The third-order valence-electron chi connectivity index (χ3n) is 4.69. The zero-order valence-electron chi connectivity index (χ0n) is 17.6. The number of hydrogen-bond acceptors (Lipinski definition) is 4. The van der Waals surface area contributed by atoms with Crippen LogP contribution in [0.5, 0.6) is 0 Å². The lowest BCUT2D eigenvalue weighted by Gasteiger charge is -2.26. The van der Waals surface area contributed by atoms with Crippen LogP contribution in [0.3, 0.4) is 0 Å². The van der Waals surface area contributed by atoms with Gasteiger partial charge in [-0.25, -0.2) is 13.8 Å². The number of sulfonamides is 1. The van der Waals surface area contributed by atoms with E-state index in [1.165, 1.54) is 12.1 Å². The molecule has 6 nitrogen and oxygen atoms in total. The first kappa shape index (κ1) is 22.6. The van der Waals surface area contributed by atoms with Gasteiger partial charge >= 0.3 is 0 Å². The summed E-state index contributed by atoms with van der Waals surface area (Å²) in [6, 6.07) is 15.3. The van der Waals surface area contributed by atoms with Crippen molar-refractivity contribution in [1.82, 2.24) is 5.43 Å². The number of hydrazone groups is 1. The molecule has 0 aromatic heterocycles. The molecular weight excluding hydrogens is 386 g/mol. The number of anilines is 1. The standard InChI is InChI=1S/C22H29N3O3S/c1-6-18-12-10-11-15-20(18)25(29(27,28)19-13-8-7-9-14-19)16-21(26)24-23-17(2)22(3,4)5/h7-15H,6,16H2,1-5H3,(H,24,26)/b23-17-. The van der Waals surface area contributed by atoms with Gasteiger partial charge in [0.2, 0.25) is 0 Å². The molecule has 0 aliphatic carbocycles. The summed E-state index contributed by atoms with van der Waals surface area (Å²) < 4.78 is 27.8. The van der Waals surface area contributed by atoms with Crippen LogP contribution >= 0.6 is 0 Å². The number of amides is 1. The maximum absolute atomic E-state index is 13.3. The molecule has 0 bridgehead atoms. The van der Waals surface area contributed by atoms with Gasteiger partial charge in [-0.05, 0) is 37.1 Å². The van der Waals surface area contributed by atoms with E-state index in [-0.39, 0.29) is 16.9 Å². The topological polar surface area (TPSA) is 78.8 Å². The van der Waals surface area contributed by atoms with Crippen LogP contribution in [0.4, 0.5) is 5.69 Å². The van der Waals surface area contributed by atoms with E-state index in [2.05, 4.69) is 10.5 Å². The number of carbonyl (C=O) groups excluding carboxylic acids is 1. The number of hydrogen-bond donors (Lipinski definition) is 1. The summed E-state index contributed by atoms with van der Waals surface area (Å²) in [5, 5.41) is 4.14. The van der Waals surface area contributed by atoms with Gasteiger partial charge in [0.15, 0.2) is 0 Å². The Morgan fingerprint density at radius 1 is 1.03 bits per heavy atom. The van der Waals surface area contributed by atoms with Crippen molar-refractivity contribution in [2.45, 2.75) is 45.9 Å². The van der Waals surface area contributed by atoms with Crippen molar-refractivity contribution >= 4 is 27.3 Å². The molecule has 0 saturated carbocycles. The minimum atomic E-state index is -3.92. The Morgan fingerprint density at radius 3 is 2.21 bits per heavy atom. The Morgan fingerprint density at radius 2 is 1.62 bits per heavy atom. The van der Waals surface area contributed by atoms with Crippen LogP contribution in [0.25, 0.3) is 0 Å². The van der Waals surface area contributed by atoms with Crippen LogP contribution in [0, 0.1) is 5.41 Å². The van der Waals surface area contributed by atoms with Gasteiger partial charge in [0.25, 0.3) is 15.9 Å². The Hall–Kier alpha value is -2.67. The van der Waals surface area contributed by atoms with Crippen LogP contribution in [0.1, 0.15) is 40.2 Å². The number of benzene rings is 2. The monoisotopic (exact) mass is 415 g/mol. The van der Waals surface area contributed by atoms with E-state index in [1.54, 1.807) is 30.3 Å². The molecule has 1 N–H and O–H groups in total. The lowest BCUT2D eigenvalue weighted by atomic mass is 9.91. The molecule has 1 amide bonds. The zero-order valence-corrected chi connectivity index (χ0v) is 18.5. The lowest BCUT2D eigenvalue weighted by Crippen LogP contribution is -2.40. The molecule has 0 heterocycles. The van der Waals surface area contributed by atoms with Crippen molar-refractivity contribution in [2.24, 2.45) is 10.5 Å². The van der Waals surface area contributed by atoms with E-state index in [1.807, 2.05) is 46.8 Å². The smallest absolute Gasteiger partial charge is 0.264 e. The number of nitrogens with zero attached hydrogens (tertiary/aromatic N) is 2. The molecule has 0 aliphatic heterocycles. The van der Waals surface area contributed by atoms with Crippen molar-refractivity contribution < 1.29 is 13.2 Å². The molecule has 2 rings (SSSR count). The fourth-order valence-corrected chi connectivity index (χ4v) is 4.03. The first-order valence-corrected chi connectivity index (χ1v) is 11.0. The average Bonchev–Trinajstić information content (AvgIpc) is 2.70. The SMILES string of the molecule is CCc1ccccc1N(CC(=O)N/N=C(/C)C(C)(C)C)S(=O)(=O)c1ccccc1. The summed E-state index contributed by atoms with van der Waals surface area (Å²) in [6.45, 7) is 9.37. The molecule has 0 radical (unpaired) electrons. The highest BCUT2D eigenvalue weighted by Crippen LogP contribution is 2.27. The molecule has 2 aromatic rings.